The molecule has 0 aliphatic carbocycles. The van der Waals surface area contributed by atoms with Crippen molar-refractivity contribution in [1.29, 1.82) is 0 Å². The highest BCUT2D eigenvalue weighted by atomic mass is 32.1. The third-order valence-electron chi connectivity index (χ3n) is 5.62. The smallest absolute Gasteiger partial charge is 0.116 e. The maximum absolute atomic E-state index is 4.65. The largest absolute Gasteiger partial charge is 0.352 e. The van der Waals surface area contributed by atoms with Gasteiger partial charge in [-0.3, -0.25) is 20.1 Å². The standard InChI is InChI=1S/C25H21N7S/c1-32(2)14-15-6-16(10-26-9-15)20-8-18-23(13-28-20)30-31-25(18)21-7-17-19(24-4-3-5-33-24)11-27-12-22(17)29-21/h3-13,29H,14H2,1-2H3,(H,30,31). The van der Waals surface area contributed by atoms with Crippen molar-refractivity contribution in [2.75, 3.05) is 14.1 Å². The first kappa shape index (κ1) is 19.8. The Balaban J connectivity index is 1.45. The van der Waals surface area contributed by atoms with Gasteiger partial charge >= 0.3 is 0 Å². The van der Waals surface area contributed by atoms with Gasteiger partial charge in [0.25, 0.3) is 0 Å². The minimum atomic E-state index is 0.829. The fourth-order valence-corrected chi connectivity index (χ4v) is 4.92. The van der Waals surface area contributed by atoms with Crippen LogP contribution in [0.1, 0.15) is 5.56 Å². The molecule has 33 heavy (non-hydrogen) atoms. The lowest BCUT2D eigenvalue weighted by Crippen LogP contribution is -2.10. The minimum absolute atomic E-state index is 0.829. The molecule has 0 saturated carbocycles. The molecule has 6 aromatic rings. The molecule has 0 atom stereocenters. The van der Waals surface area contributed by atoms with Crippen LogP contribution in [0.15, 0.2) is 66.7 Å². The zero-order chi connectivity index (χ0) is 22.4. The Bertz CT molecular complexity index is 1580. The zero-order valence-corrected chi connectivity index (χ0v) is 19.0. The van der Waals surface area contributed by atoms with Gasteiger partial charge in [-0.1, -0.05) is 6.07 Å². The second kappa shape index (κ2) is 7.91. The number of hydrogen-bond acceptors (Lipinski definition) is 6. The fourth-order valence-electron chi connectivity index (χ4n) is 4.17. The van der Waals surface area contributed by atoms with Gasteiger partial charge in [-0.25, -0.2) is 0 Å². The molecule has 0 unspecified atom stereocenters. The number of H-pyrrole nitrogens is 2. The van der Waals surface area contributed by atoms with E-state index in [1.54, 1.807) is 11.3 Å². The van der Waals surface area contributed by atoms with Crippen LogP contribution in [-0.4, -0.2) is 49.1 Å². The van der Waals surface area contributed by atoms with Crippen molar-refractivity contribution in [2.24, 2.45) is 0 Å². The Labute approximate surface area is 194 Å². The average Bonchev–Trinajstić information content (AvgIpc) is 3.57. The molecular formula is C25H21N7S. The molecule has 6 rings (SSSR count). The Kier molecular flexibility index (Phi) is 4.74. The van der Waals surface area contributed by atoms with Gasteiger partial charge in [-0.2, -0.15) is 5.10 Å². The van der Waals surface area contributed by atoms with Gasteiger partial charge in [-0.05, 0) is 49.3 Å². The van der Waals surface area contributed by atoms with E-state index in [4.69, 9.17) is 0 Å². The lowest BCUT2D eigenvalue weighted by Gasteiger charge is -2.10. The van der Waals surface area contributed by atoms with Crippen molar-refractivity contribution >= 4 is 33.1 Å². The third kappa shape index (κ3) is 3.59. The van der Waals surface area contributed by atoms with E-state index in [1.165, 1.54) is 4.88 Å². The fraction of sp³-hybridized carbons (Fsp3) is 0.120. The highest BCUT2D eigenvalue weighted by Gasteiger charge is 2.15. The summed E-state index contributed by atoms with van der Waals surface area (Å²) in [6.07, 6.45) is 9.37. The van der Waals surface area contributed by atoms with E-state index in [0.717, 1.165) is 62.1 Å². The molecule has 0 bridgehead atoms. The number of fused-ring (bicyclic) bond motifs is 2. The van der Waals surface area contributed by atoms with Crippen molar-refractivity contribution in [3.05, 3.63) is 72.3 Å². The second-order valence-corrected chi connectivity index (χ2v) is 9.26. The van der Waals surface area contributed by atoms with E-state index in [2.05, 4.69) is 84.8 Å². The van der Waals surface area contributed by atoms with Gasteiger partial charge in [0, 0.05) is 51.9 Å². The van der Waals surface area contributed by atoms with Gasteiger partial charge in [0.1, 0.15) is 5.69 Å². The molecule has 0 spiro atoms. The van der Waals surface area contributed by atoms with Crippen molar-refractivity contribution in [3.8, 4) is 33.1 Å². The van der Waals surface area contributed by atoms with Crippen molar-refractivity contribution < 1.29 is 0 Å². The number of nitrogens with zero attached hydrogens (tertiary/aromatic N) is 5. The van der Waals surface area contributed by atoms with Crippen LogP contribution in [0, 0.1) is 0 Å². The summed E-state index contributed by atoms with van der Waals surface area (Å²) >= 11 is 1.71. The first-order valence-corrected chi connectivity index (χ1v) is 11.5. The molecule has 6 heterocycles. The van der Waals surface area contributed by atoms with Gasteiger partial charge < -0.3 is 9.88 Å². The highest BCUT2D eigenvalue weighted by Crippen LogP contribution is 2.35. The predicted octanol–water partition coefficient (Wildman–Crippen LogP) is 5.35. The molecule has 2 N–H and O–H groups in total. The Morgan fingerprint density at radius 3 is 2.70 bits per heavy atom. The number of pyridine rings is 3. The monoisotopic (exact) mass is 451 g/mol. The van der Waals surface area contributed by atoms with E-state index in [1.807, 2.05) is 31.0 Å². The molecule has 8 heteroatoms. The lowest BCUT2D eigenvalue weighted by atomic mass is 10.1. The lowest BCUT2D eigenvalue weighted by molar-refractivity contribution is 0.402. The molecule has 0 aromatic carbocycles. The van der Waals surface area contributed by atoms with Crippen LogP contribution in [0.25, 0.3) is 54.9 Å². The first-order valence-electron chi connectivity index (χ1n) is 10.6. The summed E-state index contributed by atoms with van der Waals surface area (Å²) in [6.45, 7) is 0.829. The van der Waals surface area contributed by atoms with E-state index in [-0.39, 0.29) is 0 Å². The Morgan fingerprint density at radius 1 is 0.939 bits per heavy atom. The second-order valence-electron chi connectivity index (χ2n) is 8.32. The number of hydrogen-bond donors (Lipinski definition) is 2. The molecular weight excluding hydrogens is 430 g/mol. The van der Waals surface area contributed by atoms with Crippen LogP contribution in [0.3, 0.4) is 0 Å². The molecule has 162 valence electrons. The summed E-state index contributed by atoms with van der Waals surface area (Å²) in [4.78, 5) is 20.3. The van der Waals surface area contributed by atoms with Crippen molar-refractivity contribution in [3.63, 3.8) is 0 Å². The number of thiophene rings is 1. The predicted molar refractivity (Wildman–Crippen MR) is 133 cm³/mol. The van der Waals surface area contributed by atoms with Crippen LogP contribution >= 0.6 is 11.3 Å². The Morgan fingerprint density at radius 2 is 1.85 bits per heavy atom. The number of nitrogens with one attached hydrogen (secondary N) is 2. The highest BCUT2D eigenvalue weighted by molar-refractivity contribution is 7.13. The summed E-state index contributed by atoms with van der Waals surface area (Å²) in [5.74, 6) is 0. The third-order valence-corrected chi connectivity index (χ3v) is 6.53. The molecule has 0 aliphatic rings. The van der Waals surface area contributed by atoms with Crippen LogP contribution in [0.4, 0.5) is 0 Å². The minimum Gasteiger partial charge on any atom is -0.352 e. The summed E-state index contributed by atoms with van der Waals surface area (Å²) in [6, 6.07) is 10.6. The molecule has 7 nitrogen and oxygen atoms in total. The number of rotatable bonds is 5. The molecule has 0 saturated heterocycles. The normalized spacial score (nSPS) is 11.7. The summed E-state index contributed by atoms with van der Waals surface area (Å²) in [5.41, 5.74) is 7.81. The summed E-state index contributed by atoms with van der Waals surface area (Å²) < 4.78 is 0. The molecule has 0 amide bonds. The van der Waals surface area contributed by atoms with Gasteiger partial charge in [-0.15, -0.1) is 11.3 Å². The maximum Gasteiger partial charge on any atom is 0.116 e. The van der Waals surface area contributed by atoms with Crippen LogP contribution in [0.5, 0.6) is 0 Å². The van der Waals surface area contributed by atoms with Crippen LogP contribution in [0.2, 0.25) is 0 Å². The topological polar surface area (TPSA) is 86.4 Å². The average molecular weight is 452 g/mol. The van der Waals surface area contributed by atoms with Crippen LogP contribution in [-0.2, 0) is 6.54 Å². The number of aromatic nitrogens is 6. The molecule has 0 radical (unpaired) electrons. The zero-order valence-electron chi connectivity index (χ0n) is 18.2. The van der Waals surface area contributed by atoms with E-state index in [0.29, 0.717) is 0 Å². The molecule has 0 aliphatic heterocycles. The SMILES string of the molecule is CN(C)Cc1cncc(-c2cc3c(-c4cc5c(-c6cccs6)cncc5[nH]4)n[nH]c3cn2)c1. The summed E-state index contributed by atoms with van der Waals surface area (Å²) in [7, 11) is 4.10. The quantitative estimate of drug-likeness (QED) is 0.369. The number of aromatic amines is 2. The van der Waals surface area contributed by atoms with Gasteiger partial charge in [0.15, 0.2) is 0 Å². The summed E-state index contributed by atoms with van der Waals surface area (Å²) in [5, 5.41) is 12.0. The molecule has 6 aromatic heterocycles. The Hall–Kier alpha value is -3.88. The van der Waals surface area contributed by atoms with E-state index >= 15 is 0 Å². The molecule has 0 fully saturated rings. The van der Waals surface area contributed by atoms with E-state index in [9.17, 15) is 0 Å². The first-order chi connectivity index (χ1) is 16.2. The van der Waals surface area contributed by atoms with Crippen molar-refractivity contribution in [1.82, 2.24) is 35.0 Å². The van der Waals surface area contributed by atoms with Gasteiger partial charge in [0.05, 0.1) is 34.8 Å². The van der Waals surface area contributed by atoms with Crippen molar-refractivity contribution in [2.45, 2.75) is 6.54 Å². The van der Waals surface area contributed by atoms with Crippen LogP contribution < -0.4 is 0 Å². The van der Waals surface area contributed by atoms with E-state index < -0.39 is 0 Å². The maximum atomic E-state index is 4.65. The van der Waals surface area contributed by atoms with Gasteiger partial charge in [0.2, 0.25) is 0 Å².